The van der Waals surface area contributed by atoms with Crippen molar-refractivity contribution in [2.75, 3.05) is 0 Å². The van der Waals surface area contributed by atoms with Gasteiger partial charge in [0.15, 0.2) is 0 Å². The largest absolute Gasteiger partial charge is 0.368 e. The predicted octanol–water partition coefficient (Wildman–Crippen LogP) is 0.00400. The molecule has 0 radical (unpaired) electrons. The molecular formula is C20H34N6O4. The van der Waals surface area contributed by atoms with E-state index in [2.05, 4.69) is 25.9 Å². The van der Waals surface area contributed by atoms with E-state index in [-0.39, 0.29) is 24.2 Å². The molecule has 0 aliphatic carbocycles. The highest BCUT2D eigenvalue weighted by atomic mass is 16.2. The first-order valence-corrected chi connectivity index (χ1v) is 10.2. The van der Waals surface area contributed by atoms with Crippen molar-refractivity contribution in [1.29, 1.82) is 0 Å². The number of hydrogen-bond donors (Lipinski definition) is 5. The zero-order chi connectivity index (χ0) is 22.8. The van der Waals surface area contributed by atoms with Gasteiger partial charge in [0.05, 0.1) is 6.33 Å². The van der Waals surface area contributed by atoms with Crippen LogP contribution < -0.4 is 21.7 Å². The molecule has 1 aromatic heterocycles. The van der Waals surface area contributed by atoms with E-state index >= 15 is 0 Å². The Bertz CT molecular complexity index is 719. The molecule has 10 nitrogen and oxygen atoms in total. The summed E-state index contributed by atoms with van der Waals surface area (Å²) in [6.45, 7) is 8.88. The SMILES string of the molecule is CCC(C)[C@H](NC(=O)[C@H](Cc1cnc[nH]1)NC(C)=O)C(=O)N[C@@H](CC(C)C)C(N)=O. The summed E-state index contributed by atoms with van der Waals surface area (Å²) >= 11 is 0. The molecule has 0 bridgehead atoms. The first kappa shape index (κ1) is 25.1. The minimum Gasteiger partial charge on any atom is -0.368 e. The second-order valence-corrected chi connectivity index (χ2v) is 8.00. The number of hydrogen-bond acceptors (Lipinski definition) is 5. The molecule has 6 N–H and O–H groups in total. The topological polar surface area (TPSA) is 159 Å². The van der Waals surface area contributed by atoms with E-state index in [4.69, 9.17) is 5.73 Å². The number of imidazole rings is 1. The number of H-pyrrole nitrogens is 1. The van der Waals surface area contributed by atoms with Gasteiger partial charge in [-0.25, -0.2) is 4.98 Å². The van der Waals surface area contributed by atoms with E-state index in [1.807, 2.05) is 27.7 Å². The van der Waals surface area contributed by atoms with Crippen molar-refractivity contribution in [2.45, 2.75) is 72.0 Å². The van der Waals surface area contributed by atoms with Gasteiger partial charge in [0.25, 0.3) is 0 Å². The van der Waals surface area contributed by atoms with E-state index in [1.165, 1.54) is 13.3 Å². The van der Waals surface area contributed by atoms with Crippen LogP contribution in [0.4, 0.5) is 0 Å². The Morgan fingerprint density at radius 1 is 1.07 bits per heavy atom. The van der Waals surface area contributed by atoms with Crippen LogP contribution in [-0.2, 0) is 25.6 Å². The molecule has 1 unspecified atom stereocenters. The first-order valence-electron chi connectivity index (χ1n) is 10.2. The number of carbonyl (C=O) groups is 4. The van der Waals surface area contributed by atoms with Gasteiger partial charge in [-0.3, -0.25) is 19.2 Å². The number of nitrogens with one attached hydrogen (secondary N) is 4. The van der Waals surface area contributed by atoms with Gasteiger partial charge in [-0.1, -0.05) is 34.1 Å². The van der Waals surface area contributed by atoms with Crippen LogP contribution in [0.1, 0.15) is 53.2 Å². The number of primary amides is 1. The van der Waals surface area contributed by atoms with Crippen molar-refractivity contribution in [3.63, 3.8) is 0 Å². The zero-order valence-electron chi connectivity index (χ0n) is 18.3. The molecule has 0 spiro atoms. The van der Waals surface area contributed by atoms with Gasteiger partial charge >= 0.3 is 0 Å². The van der Waals surface area contributed by atoms with Crippen LogP contribution in [0.3, 0.4) is 0 Å². The van der Waals surface area contributed by atoms with E-state index in [0.29, 0.717) is 18.5 Å². The smallest absolute Gasteiger partial charge is 0.243 e. The Morgan fingerprint density at radius 2 is 1.73 bits per heavy atom. The molecule has 4 atom stereocenters. The number of carbonyl (C=O) groups excluding carboxylic acids is 4. The number of nitrogens with two attached hydrogens (primary N) is 1. The Labute approximate surface area is 177 Å². The number of rotatable bonds is 12. The van der Waals surface area contributed by atoms with Gasteiger partial charge in [0, 0.05) is 25.2 Å². The maximum absolute atomic E-state index is 12.9. The quantitative estimate of drug-likeness (QED) is 0.320. The molecule has 0 aliphatic heterocycles. The average Bonchev–Trinajstić information content (AvgIpc) is 3.16. The fraction of sp³-hybridized carbons (Fsp3) is 0.650. The summed E-state index contributed by atoms with van der Waals surface area (Å²) in [6, 6.07) is -2.59. The molecule has 1 rings (SSSR count). The normalized spacial score (nSPS) is 15.0. The van der Waals surface area contributed by atoms with Gasteiger partial charge in [-0.2, -0.15) is 0 Å². The van der Waals surface area contributed by atoms with Crippen LogP contribution in [0.25, 0.3) is 0 Å². The molecule has 0 saturated carbocycles. The number of nitrogens with zero attached hydrogens (tertiary/aromatic N) is 1. The van der Waals surface area contributed by atoms with Crippen molar-refractivity contribution in [3.8, 4) is 0 Å². The zero-order valence-corrected chi connectivity index (χ0v) is 18.3. The van der Waals surface area contributed by atoms with Crippen molar-refractivity contribution in [1.82, 2.24) is 25.9 Å². The van der Waals surface area contributed by atoms with Crippen LogP contribution in [0.2, 0.25) is 0 Å². The summed E-state index contributed by atoms with van der Waals surface area (Å²) < 4.78 is 0. The summed E-state index contributed by atoms with van der Waals surface area (Å²) in [7, 11) is 0. The van der Waals surface area contributed by atoms with Gasteiger partial charge < -0.3 is 26.7 Å². The molecule has 0 saturated heterocycles. The second-order valence-electron chi connectivity index (χ2n) is 8.00. The first-order chi connectivity index (χ1) is 14.0. The molecule has 0 aromatic carbocycles. The fourth-order valence-electron chi connectivity index (χ4n) is 3.01. The average molecular weight is 423 g/mol. The van der Waals surface area contributed by atoms with Gasteiger partial charge in [-0.05, 0) is 18.3 Å². The summed E-state index contributed by atoms with van der Waals surface area (Å²) in [5.41, 5.74) is 6.09. The summed E-state index contributed by atoms with van der Waals surface area (Å²) in [6.07, 6.45) is 4.25. The lowest BCUT2D eigenvalue weighted by Crippen LogP contribution is -2.58. The molecule has 1 aromatic rings. The number of aromatic amines is 1. The standard InChI is InChI=1S/C20H34N6O4/c1-6-12(4)17(20(30)25-15(18(21)28)7-11(2)3)26-19(29)16(24-13(5)27)8-14-9-22-10-23-14/h9-12,15-17H,6-8H2,1-5H3,(H2,21,28)(H,22,23)(H,24,27)(H,25,30)(H,26,29)/t12?,15-,16-,17-/m0/s1. The monoisotopic (exact) mass is 422 g/mol. The van der Waals surface area contributed by atoms with Crippen LogP contribution in [0.5, 0.6) is 0 Å². The Hall–Kier alpha value is -2.91. The Balaban J connectivity index is 2.97. The summed E-state index contributed by atoms with van der Waals surface area (Å²) in [5.74, 6) is -2.03. The van der Waals surface area contributed by atoms with Crippen molar-refractivity contribution < 1.29 is 19.2 Å². The van der Waals surface area contributed by atoms with E-state index in [9.17, 15) is 19.2 Å². The maximum Gasteiger partial charge on any atom is 0.243 e. The summed E-state index contributed by atoms with van der Waals surface area (Å²) in [5, 5.41) is 7.99. The molecule has 1 heterocycles. The molecule has 30 heavy (non-hydrogen) atoms. The molecule has 168 valence electrons. The fourth-order valence-corrected chi connectivity index (χ4v) is 3.01. The third kappa shape index (κ3) is 8.22. The lowest BCUT2D eigenvalue weighted by molar-refractivity contribution is -0.134. The van der Waals surface area contributed by atoms with Crippen LogP contribution >= 0.6 is 0 Å². The lowest BCUT2D eigenvalue weighted by Gasteiger charge is -2.28. The van der Waals surface area contributed by atoms with E-state index in [1.54, 1.807) is 6.20 Å². The van der Waals surface area contributed by atoms with Gasteiger partial charge in [-0.15, -0.1) is 0 Å². The van der Waals surface area contributed by atoms with Crippen LogP contribution in [0, 0.1) is 11.8 Å². The third-order valence-electron chi connectivity index (χ3n) is 4.83. The minimum absolute atomic E-state index is 0.151. The van der Waals surface area contributed by atoms with E-state index < -0.39 is 35.8 Å². The van der Waals surface area contributed by atoms with Crippen molar-refractivity contribution >= 4 is 23.6 Å². The highest BCUT2D eigenvalue weighted by Crippen LogP contribution is 2.11. The molecule has 10 heteroatoms. The summed E-state index contributed by atoms with van der Waals surface area (Å²) in [4.78, 5) is 55.9. The lowest BCUT2D eigenvalue weighted by atomic mass is 9.96. The maximum atomic E-state index is 12.9. The molecular weight excluding hydrogens is 388 g/mol. The van der Waals surface area contributed by atoms with Crippen molar-refractivity contribution in [2.24, 2.45) is 17.6 Å². The second kappa shape index (κ2) is 11.9. The Kier molecular flexibility index (Phi) is 10.00. The van der Waals surface area contributed by atoms with Crippen LogP contribution in [0.15, 0.2) is 12.5 Å². The van der Waals surface area contributed by atoms with Crippen LogP contribution in [-0.4, -0.2) is 51.7 Å². The Morgan fingerprint density at radius 3 is 2.20 bits per heavy atom. The minimum atomic E-state index is -0.884. The number of aromatic nitrogens is 2. The predicted molar refractivity (Wildman–Crippen MR) is 112 cm³/mol. The van der Waals surface area contributed by atoms with Gasteiger partial charge in [0.2, 0.25) is 23.6 Å². The highest BCUT2D eigenvalue weighted by molar-refractivity contribution is 5.94. The molecule has 0 fully saturated rings. The highest BCUT2D eigenvalue weighted by Gasteiger charge is 2.32. The van der Waals surface area contributed by atoms with Crippen molar-refractivity contribution in [3.05, 3.63) is 18.2 Å². The third-order valence-corrected chi connectivity index (χ3v) is 4.83. The number of amides is 4. The van der Waals surface area contributed by atoms with E-state index in [0.717, 1.165) is 0 Å². The van der Waals surface area contributed by atoms with Gasteiger partial charge in [0.1, 0.15) is 18.1 Å². The molecule has 4 amide bonds. The molecule has 0 aliphatic rings.